The molecule has 1 saturated heterocycles. The number of nitrogens with zero attached hydrogens (tertiary/aromatic N) is 3. The third-order valence-electron chi connectivity index (χ3n) is 6.50. The van der Waals surface area contributed by atoms with Gasteiger partial charge in [-0.05, 0) is 76.1 Å². The predicted octanol–water partition coefficient (Wildman–Crippen LogP) is 7.01. The van der Waals surface area contributed by atoms with Gasteiger partial charge in [0.25, 0.3) is 0 Å². The smallest absolute Gasteiger partial charge is 0.147 e. The first kappa shape index (κ1) is 22.9. The molecule has 31 heavy (non-hydrogen) atoms. The van der Waals surface area contributed by atoms with Crippen molar-refractivity contribution < 1.29 is 5.11 Å². The first-order chi connectivity index (χ1) is 14.8. The summed E-state index contributed by atoms with van der Waals surface area (Å²) in [4.78, 5) is 7.42. The summed E-state index contributed by atoms with van der Waals surface area (Å²) in [5.74, 6) is 0.703. The Morgan fingerprint density at radius 1 is 1.10 bits per heavy atom. The first-order valence-electron chi connectivity index (χ1n) is 10.8. The van der Waals surface area contributed by atoms with Gasteiger partial charge in [0.05, 0.1) is 15.7 Å². The minimum atomic E-state index is 0.289. The van der Waals surface area contributed by atoms with Crippen LogP contribution in [0.3, 0.4) is 0 Å². The van der Waals surface area contributed by atoms with Crippen molar-refractivity contribution in [2.45, 2.75) is 46.5 Å². The van der Waals surface area contributed by atoms with E-state index in [1.165, 1.54) is 16.6 Å². The molecule has 1 aliphatic rings. The molecule has 0 radical (unpaired) electrons. The van der Waals surface area contributed by atoms with Crippen LogP contribution in [0.15, 0.2) is 22.7 Å². The number of hydrogen-bond donors (Lipinski definition) is 1. The number of rotatable bonds is 5. The van der Waals surface area contributed by atoms with Gasteiger partial charge in [-0.2, -0.15) is 0 Å². The number of aryl methyl sites for hydroxylation is 2. The number of anilines is 1. The molecule has 4 rings (SSSR count). The van der Waals surface area contributed by atoms with Crippen LogP contribution in [-0.4, -0.2) is 34.4 Å². The molecule has 0 aliphatic carbocycles. The number of aliphatic hydroxyl groups is 1. The van der Waals surface area contributed by atoms with Crippen molar-refractivity contribution in [3.63, 3.8) is 0 Å². The lowest BCUT2D eigenvalue weighted by Gasteiger charge is -2.34. The van der Waals surface area contributed by atoms with E-state index in [1.54, 1.807) is 0 Å². The lowest BCUT2D eigenvalue weighted by atomic mass is 9.92. The maximum Gasteiger partial charge on any atom is 0.147 e. The van der Waals surface area contributed by atoms with E-state index in [2.05, 4.69) is 45.3 Å². The largest absolute Gasteiger partial charge is 0.396 e. The number of hydrogen-bond acceptors (Lipinski definition) is 3. The Kier molecular flexibility index (Phi) is 6.87. The van der Waals surface area contributed by atoms with Gasteiger partial charge in [0.2, 0.25) is 0 Å². The predicted molar refractivity (Wildman–Crippen MR) is 134 cm³/mol. The minimum Gasteiger partial charge on any atom is -0.396 e. The standard InChI is InChI=1S/C24H28BrCl2N3O/c1-14-11-21(29-8-6-17(7-9-29)5-4-10-31)22-15(2)16(3)30(24(22)28-14)23-19(26)12-18(25)13-20(23)27/h11-13,17,31H,4-10H2,1-3H3. The van der Waals surface area contributed by atoms with Crippen LogP contribution in [0.4, 0.5) is 5.69 Å². The quantitative estimate of drug-likeness (QED) is 0.390. The molecule has 3 aromatic rings. The molecular weight excluding hydrogens is 497 g/mol. The van der Waals surface area contributed by atoms with E-state index in [-0.39, 0.29) is 6.61 Å². The molecule has 1 aliphatic heterocycles. The molecule has 0 spiro atoms. The zero-order chi connectivity index (χ0) is 22.3. The van der Waals surface area contributed by atoms with Gasteiger partial charge in [-0.1, -0.05) is 39.1 Å². The summed E-state index contributed by atoms with van der Waals surface area (Å²) in [7, 11) is 0. The maximum absolute atomic E-state index is 9.14. The van der Waals surface area contributed by atoms with Crippen LogP contribution in [0, 0.1) is 26.7 Å². The monoisotopic (exact) mass is 523 g/mol. The molecule has 1 fully saturated rings. The van der Waals surface area contributed by atoms with E-state index < -0.39 is 0 Å². The summed E-state index contributed by atoms with van der Waals surface area (Å²) < 4.78 is 2.96. The van der Waals surface area contributed by atoms with Crippen LogP contribution in [0.2, 0.25) is 10.0 Å². The molecule has 2 aromatic heterocycles. The number of piperidine rings is 1. The van der Waals surface area contributed by atoms with Gasteiger partial charge in [0, 0.05) is 46.6 Å². The molecule has 7 heteroatoms. The second-order valence-corrected chi connectivity index (χ2v) is 10.3. The van der Waals surface area contributed by atoms with E-state index in [0.717, 1.165) is 66.0 Å². The van der Waals surface area contributed by atoms with Crippen molar-refractivity contribution in [2.75, 3.05) is 24.6 Å². The number of aromatic nitrogens is 2. The Morgan fingerprint density at radius 3 is 2.35 bits per heavy atom. The van der Waals surface area contributed by atoms with Gasteiger partial charge >= 0.3 is 0 Å². The summed E-state index contributed by atoms with van der Waals surface area (Å²) in [5.41, 5.74) is 6.19. The summed E-state index contributed by atoms with van der Waals surface area (Å²) in [6, 6.07) is 5.95. The third kappa shape index (κ3) is 4.35. The van der Waals surface area contributed by atoms with Gasteiger partial charge in [0.15, 0.2) is 0 Å². The zero-order valence-electron chi connectivity index (χ0n) is 18.2. The van der Waals surface area contributed by atoms with Crippen LogP contribution in [0.25, 0.3) is 16.7 Å². The van der Waals surface area contributed by atoms with Crippen molar-refractivity contribution >= 4 is 55.9 Å². The summed E-state index contributed by atoms with van der Waals surface area (Å²) in [5, 5.41) is 11.5. The highest BCUT2D eigenvalue weighted by molar-refractivity contribution is 9.10. The Bertz CT molecular complexity index is 1100. The number of fused-ring (bicyclic) bond motifs is 1. The maximum atomic E-state index is 9.14. The molecule has 166 valence electrons. The fourth-order valence-electron chi connectivity index (χ4n) is 4.78. The van der Waals surface area contributed by atoms with Gasteiger partial charge in [-0.15, -0.1) is 0 Å². The third-order valence-corrected chi connectivity index (χ3v) is 7.54. The molecule has 3 heterocycles. The second-order valence-electron chi connectivity index (χ2n) is 8.54. The number of aliphatic hydroxyl groups excluding tert-OH is 1. The molecule has 4 nitrogen and oxygen atoms in total. The lowest BCUT2D eigenvalue weighted by molar-refractivity contribution is 0.261. The fourth-order valence-corrected chi connectivity index (χ4v) is 6.16. The second kappa shape index (κ2) is 9.30. The van der Waals surface area contributed by atoms with E-state index in [4.69, 9.17) is 33.3 Å². The minimum absolute atomic E-state index is 0.289. The van der Waals surface area contributed by atoms with E-state index in [1.807, 2.05) is 19.1 Å². The van der Waals surface area contributed by atoms with Gasteiger partial charge < -0.3 is 10.0 Å². The number of pyridine rings is 1. The fraction of sp³-hybridized carbons (Fsp3) is 0.458. The molecule has 0 saturated carbocycles. The first-order valence-corrected chi connectivity index (χ1v) is 12.4. The Labute approximate surface area is 202 Å². The van der Waals surface area contributed by atoms with E-state index >= 15 is 0 Å². The summed E-state index contributed by atoms with van der Waals surface area (Å²) >= 11 is 16.8. The van der Waals surface area contributed by atoms with Crippen molar-refractivity contribution in [1.82, 2.24) is 9.55 Å². The zero-order valence-corrected chi connectivity index (χ0v) is 21.3. The average molecular weight is 525 g/mol. The molecule has 1 aromatic carbocycles. The molecule has 0 bridgehead atoms. The van der Waals surface area contributed by atoms with Crippen molar-refractivity contribution in [1.29, 1.82) is 0 Å². The highest BCUT2D eigenvalue weighted by Gasteiger charge is 2.25. The van der Waals surface area contributed by atoms with E-state index in [9.17, 15) is 0 Å². The summed E-state index contributed by atoms with van der Waals surface area (Å²) in [6.07, 6.45) is 4.33. The summed E-state index contributed by atoms with van der Waals surface area (Å²) in [6.45, 7) is 8.65. The molecular formula is C24H28BrCl2N3O. The van der Waals surface area contributed by atoms with Gasteiger partial charge in [0.1, 0.15) is 5.65 Å². The molecule has 1 N–H and O–H groups in total. The highest BCUT2D eigenvalue weighted by atomic mass is 79.9. The normalized spacial score (nSPS) is 15.3. The van der Waals surface area contributed by atoms with Crippen LogP contribution in [-0.2, 0) is 0 Å². The Balaban J connectivity index is 1.82. The molecule has 0 amide bonds. The average Bonchev–Trinajstić information content (AvgIpc) is 2.96. The Morgan fingerprint density at radius 2 is 1.74 bits per heavy atom. The topological polar surface area (TPSA) is 41.3 Å². The van der Waals surface area contributed by atoms with Crippen LogP contribution >= 0.6 is 39.1 Å². The lowest BCUT2D eigenvalue weighted by Crippen LogP contribution is -2.34. The van der Waals surface area contributed by atoms with Gasteiger partial charge in [-0.3, -0.25) is 4.57 Å². The Hall–Kier alpha value is -1.27. The molecule has 0 unspecified atom stereocenters. The van der Waals surface area contributed by atoms with Gasteiger partial charge in [-0.25, -0.2) is 4.98 Å². The van der Waals surface area contributed by atoms with Crippen molar-refractivity contribution in [2.24, 2.45) is 5.92 Å². The SMILES string of the molecule is Cc1cc(N2CCC(CCCO)CC2)c2c(C)c(C)n(-c3c(Cl)cc(Br)cc3Cl)c2n1. The molecule has 0 atom stereocenters. The van der Waals surface area contributed by atoms with E-state index in [0.29, 0.717) is 16.0 Å². The highest BCUT2D eigenvalue weighted by Crippen LogP contribution is 2.41. The number of halogens is 3. The van der Waals surface area contributed by atoms with Crippen LogP contribution < -0.4 is 4.90 Å². The van der Waals surface area contributed by atoms with Crippen LogP contribution in [0.5, 0.6) is 0 Å². The van der Waals surface area contributed by atoms with Crippen LogP contribution in [0.1, 0.15) is 42.6 Å². The number of benzene rings is 1. The van der Waals surface area contributed by atoms with Crippen molar-refractivity contribution in [3.8, 4) is 5.69 Å². The van der Waals surface area contributed by atoms with Crippen molar-refractivity contribution in [3.05, 3.63) is 49.7 Å².